The number of likely N-dealkylation sites (tertiary alicyclic amines) is 1. The van der Waals surface area contributed by atoms with Crippen LogP contribution in [0.5, 0.6) is 5.75 Å². The molecule has 0 spiro atoms. The van der Waals surface area contributed by atoms with E-state index in [1.807, 2.05) is 0 Å². The number of carbonyl (C=O) groups is 1. The van der Waals surface area contributed by atoms with Crippen LogP contribution in [0.15, 0.2) is 24.3 Å². The zero-order valence-corrected chi connectivity index (χ0v) is 12.3. The Kier molecular flexibility index (Phi) is 5.15. The maximum atomic E-state index is 12.3. The maximum Gasteiger partial charge on any atom is 0.573 e. The Morgan fingerprint density at radius 1 is 1.41 bits per heavy atom. The first-order valence-electron chi connectivity index (χ1n) is 7.21. The summed E-state index contributed by atoms with van der Waals surface area (Å²) in [5.74, 6) is 0.00160. The molecule has 122 valence electrons. The first-order chi connectivity index (χ1) is 10.3. The Bertz CT molecular complexity index is 520. The maximum absolute atomic E-state index is 12.3. The van der Waals surface area contributed by atoms with E-state index in [1.54, 1.807) is 11.0 Å². The average Bonchev–Trinajstić information content (AvgIpc) is 2.44. The highest BCUT2D eigenvalue weighted by Gasteiger charge is 2.32. The lowest BCUT2D eigenvalue weighted by atomic mass is 10.0. The average molecular weight is 316 g/mol. The van der Waals surface area contributed by atoms with E-state index in [-0.39, 0.29) is 23.9 Å². The van der Waals surface area contributed by atoms with Crippen LogP contribution in [-0.4, -0.2) is 36.8 Å². The van der Waals surface area contributed by atoms with Crippen LogP contribution in [0.1, 0.15) is 19.8 Å². The monoisotopic (exact) mass is 316 g/mol. The molecule has 4 nitrogen and oxygen atoms in total. The number of halogens is 3. The lowest BCUT2D eigenvalue weighted by Crippen LogP contribution is -2.42. The SMILES string of the molecule is CC1CCCN(C(=O)CNc2ccccc2OC(F)(F)F)C1. The fraction of sp³-hybridized carbons (Fsp3) is 0.533. The molecule has 1 N–H and O–H groups in total. The molecule has 0 aliphatic carbocycles. The van der Waals surface area contributed by atoms with E-state index in [1.165, 1.54) is 18.2 Å². The van der Waals surface area contributed by atoms with Gasteiger partial charge in [0.05, 0.1) is 12.2 Å². The normalized spacial score (nSPS) is 18.9. The van der Waals surface area contributed by atoms with E-state index in [9.17, 15) is 18.0 Å². The molecular weight excluding hydrogens is 297 g/mol. The van der Waals surface area contributed by atoms with Gasteiger partial charge in [0.15, 0.2) is 5.75 Å². The first-order valence-corrected chi connectivity index (χ1v) is 7.21. The molecule has 1 heterocycles. The molecule has 2 rings (SSSR count). The van der Waals surface area contributed by atoms with E-state index in [0.717, 1.165) is 12.8 Å². The number of carbonyl (C=O) groups excluding carboxylic acids is 1. The Balaban J connectivity index is 1.95. The highest BCUT2D eigenvalue weighted by molar-refractivity contribution is 5.81. The van der Waals surface area contributed by atoms with Gasteiger partial charge in [-0.25, -0.2) is 0 Å². The van der Waals surface area contributed by atoms with Crippen molar-refractivity contribution in [2.45, 2.75) is 26.1 Å². The van der Waals surface area contributed by atoms with Crippen LogP contribution in [0.25, 0.3) is 0 Å². The molecule has 1 atom stereocenters. The number of hydrogen-bond donors (Lipinski definition) is 1. The smallest absolute Gasteiger partial charge is 0.404 e. The number of hydrogen-bond acceptors (Lipinski definition) is 3. The predicted molar refractivity (Wildman–Crippen MR) is 76.6 cm³/mol. The third kappa shape index (κ3) is 4.82. The highest BCUT2D eigenvalue weighted by atomic mass is 19.4. The van der Waals surface area contributed by atoms with Crippen LogP contribution in [0, 0.1) is 5.92 Å². The van der Waals surface area contributed by atoms with Crippen molar-refractivity contribution in [3.63, 3.8) is 0 Å². The Morgan fingerprint density at radius 2 is 2.14 bits per heavy atom. The molecule has 0 aromatic heterocycles. The number of nitrogens with zero attached hydrogens (tertiary/aromatic N) is 1. The Hall–Kier alpha value is -1.92. The minimum atomic E-state index is -4.76. The minimum Gasteiger partial charge on any atom is -0.404 e. The third-order valence-corrected chi connectivity index (χ3v) is 3.55. The van der Waals surface area contributed by atoms with Gasteiger partial charge in [0.2, 0.25) is 5.91 Å². The van der Waals surface area contributed by atoms with Gasteiger partial charge in [0.1, 0.15) is 0 Å². The molecule has 1 aliphatic rings. The number of alkyl halides is 3. The van der Waals surface area contributed by atoms with Crippen LogP contribution in [0.3, 0.4) is 0 Å². The standard InChI is InChI=1S/C15H19F3N2O2/c1-11-5-4-8-20(10-11)14(21)9-19-12-6-2-3-7-13(12)22-15(16,17)18/h2-3,6-7,11,19H,4-5,8-10H2,1H3. The topological polar surface area (TPSA) is 41.6 Å². The van der Waals surface area contributed by atoms with Crippen molar-refractivity contribution in [1.82, 2.24) is 4.90 Å². The summed E-state index contributed by atoms with van der Waals surface area (Å²) in [4.78, 5) is 13.9. The van der Waals surface area contributed by atoms with Gasteiger partial charge in [-0.15, -0.1) is 13.2 Å². The number of nitrogens with one attached hydrogen (secondary N) is 1. The van der Waals surface area contributed by atoms with Gasteiger partial charge >= 0.3 is 6.36 Å². The zero-order valence-electron chi connectivity index (χ0n) is 12.3. The van der Waals surface area contributed by atoms with Crippen molar-refractivity contribution in [3.8, 4) is 5.75 Å². The molecule has 0 radical (unpaired) electrons. The van der Waals surface area contributed by atoms with E-state index in [4.69, 9.17) is 0 Å². The molecule has 1 amide bonds. The number of para-hydroxylation sites is 2. The van der Waals surface area contributed by atoms with E-state index in [0.29, 0.717) is 19.0 Å². The molecule has 7 heteroatoms. The summed E-state index contributed by atoms with van der Waals surface area (Å²) in [6.45, 7) is 3.43. The lowest BCUT2D eigenvalue weighted by Gasteiger charge is -2.31. The Morgan fingerprint density at radius 3 is 2.82 bits per heavy atom. The lowest BCUT2D eigenvalue weighted by molar-refractivity contribution is -0.274. The van der Waals surface area contributed by atoms with Gasteiger partial charge in [-0.2, -0.15) is 0 Å². The molecule has 1 fully saturated rings. The predicted octanol–water partition coefficient (Wildman–Crippen LogP) is 3.26. The second-order valence-electron chi connectivity index (χ2n) is 5.48. The van der Waals surface area contributed by atoms with Crippen LogP contribution >= 0.6 is 0 Å². The second-order valence-corrected chi connectivity index (χ2v) is 5.48. The second kappa shape index (κ2) is 6.89. The van der Waals surface area contributed by atoms with Gasteiger partial charge in [0, 0.05) is 13.1 Å². The van der Waals surface area contributed by atoms with Gasteiger partial charge < -0.3 is 15.0 Å². The summed E-state index contributed by atoms with van der Waals surface area (Å²) in [5.41, 5.74) is 0.151. The van der Waals surface area contributed by atoms with Crippen LogP contribution in [0.4, 0.5) is 18.9 Å². The van der Waals surface area contributed by atoms with E-state index >= 15 is 0 Å². The molecule has 1 aromatic rings. The number of ether oxygens (including phenoxy) is 1. The van der Waals surface area contributed by atoms with Crippen LogP contribution in [0.2, 0.25) is 0 Å². The van der Waals surface area contributed by atoms with Crippen molar-refractivity contribution >= 4 is 11.6 Å². The summed E-state index contributed by atoms with van der Waals surface area (Å²) in [7, 11) is 0. The minimum absolute atomic E-state index is 0.0506. The summed E-state index contributed by atoms with van der Waals surface area (Å²) in [6, 6.07) is 5.69. The molecule has 1 aliphatic heterocycles. The molecule has 0 bridgehead atoms. The molecular formula is C15H19F3N2O2. The third-order valence-electron chi connectivity index (χ3n) is 3.55. The highest BCUT2D eigenvalue weighted by Crippen LogP contribution is 2.29. The van der Waals surface area contributed by atoms with Crippen LogP contribution < -0.4 is 10.1 Å². The summed E-state index contributed by atoms with van der Waals surface area (Å²) >= 11 is 0. The molecule has 1 unspecified atom stereocenters. The van der Waals surface area contributed by atoms with Crippen LogP contribution in [-0.2, 0) is 4.79 Å². The van der Waals surface area contributed by atoms with Gasteiger partial charge in [-0.3, -0.25) is 4.79 Å². The van der Waals surface area contributed by atoms with Crippen molar-refractivity contribution < 1.29 is 22.7 Å². The molecule has 22 heavy (non-hydrogen) atoms. The Labute approximate surface area is 127 Å². The zero-order chi connectivity index (χ0) is 16.2. The molecule has 0 saturated carbocycles. The number of amides is 1. The molecule has 1 saturated heterocycles. The largest absolute Gasteiger partial charge is 0.573 e. The fourth-order valence-corrected chi connectivity index (χ4v) is 2.52. The molecule has 1 aromatic carbocycles. The van der Waals surface area contributed by atoms with Crippen molar-refractivity contribution in [2.75, 3.05) is 25.0 Å². The van der Waals surface area contributed by atoms with Gasteiger partial charge in [-0.05, 0) is 30.9 Å². The number of anilines is 1. The summed E-state index contributed by atoms with van der Waals surface area (Å²) < 4.78 is 40.9. The summed E-state index contributed by atoms with van der Waals surface area (Å²) in [6.07, 6.45) is -2.70. The van der Waals surface area contributed by atoms with E-state index < -0.39 is 6.36 Å². The number of piperidine rings is 1. The van der Waals surface area contributed by atoms with Crippen molar-refractivity contribution in [2.24, 2.45) is 5.92 Å². The van der Waals surface area contributed by atoms with Crippen molar-refractivity contribution in [1.29, 1.82) is 0 Å². The van der Waals surface area contributed by atoms with Gasteiger partial charge in [-0.1, -0.05) is 19.1 Å². The summed E-state index contributed by atoms with van der Waals surface area (Å²) in [5, 5.41) is 2.73. The quantitative estimate of drug-likeness (QED) is 0.927. The fourth-order valence-electron chi connectivity index (χ4n) is 2.52. The van der Waals surface area contributed by atoms with Crippen molar-refractivity contribution in [3.05, 3.63) is 24.3 Å². The van der Waals surface area contributed by atoms with Gasteiger partial charge in [0.25, 0.3) is 0 Å². The number of rotatable bonds is 4. The van der Waals surface area contributed by atoms with E-state index in [2.05, 4.69) is 17.0 Å². The number of benzene rings is 1. The first kappa shape index (κ1) is 16.5.